The van der Waals surface area contributed by atoms with Crippen LogP contribution in [0.5, 0.6) is 0 Å². The molecule has 0 amide bonds. The van der Waals surface area contributed by atoms with Gasteiger partial charge in [0.2, 0.25) is 0 Å². The third-order valence-corrected chi connectivity index (χ3v) is 5.72. The summed E-state index contributed by atoms with van der Waals surface area (Å²) in [7, 11) is -2.66. The Kier molecular flexibility index (Phi) is 5.29. The topological polar surface area (TPSA) is 40.4 Å². The van der Waals surface area contributed by atoms with Crippen molar-refractivity contribution in [2.24, 2.45) is 4.99 Å². The van der Waals surface area contributed by atoms with E-state index >= 15 is 0 Å². The molecule has 7 heteroatoms. The molecule has 3 heterocycles. The maximum atomic E-state index is 14.1. The molecule has 3 rings (SSSR count). The predicted octanol–water partition coefficient (Wildman–Crippen LogP) is 5.54. The van der Waals surface area contributed by atoms with E-state index < -0.39 is 18.5 Å². The standard InChI is InChI=1S/C22H29BF2N3O/c1-13-9-15(3)26-19(13)18(20-14(2)10-16(4)27(20)23(24)25)17-11-21(5,6)28(29)22(7,8)12-17/h9-11H,12H2,1-8H3/b19-18-. The number of nitrogens with zero attached hydrogens (tertiary/aromatic N) is 3. The van der Waals surface area contributed by atoms with E-state index in [9.17, 15) is 13.8 Å². The summed E-state index contributed by atoms with van der Waals surface area (Å²) in [4.78, 5) is 4.70. The molecule has 4 nitrogen and oxygen atoms in total. The lowest BCUT2D eigenvalue weighted by Gasteiger charge is -2.46. The molecule has 0 aliphatic carbocycles. The van der Waals surface area contributed by atoms with Crippen LogP contribution in [0.1, 0.15) is 64.9 Å². The van der Waals surface area contributed by atoms with Gasteiger partial charge in [-0.15, -0.1) is 10.3 Å². The first-order valence-electron chi connectivity index (χ1n) is 9.91. The zero-order valence-corrected chi connectivity index (χ0v) is 18.5. The Hall–Kier alpha value is -1.99. The number of aryl methyl sites for hydroxylation is 2. The zero-order valence-electron chi connectivity index (χ0n) is 18.5. The van der Waals surface area contributed by atoms with Crippen LogP contribution in [0.25, 0.3) is 5.57 Å². The maximum absolute atomic E-state index is 14.1. The van der Waals surface area contributed by atoms with Crippen LogP contribution >= 0.6 is 0 Å². The summed E-state index contributed by atoms with van der Waals surface area (Å²) in [5.74, 6) is 0. The average molecular weight is 400 g/mol. The fraction of sp³-hybridized carbons (Fsp3) is 0.500. The molecule has 0 atom stereocenters. The summed E-state index contributed by atoms with van der Waals surface area (Å²) >= 11 is 0. The summed E-state index contributed by atoms with van der Waals surface area (Å²) < 4.78 is 29.2. The van der Waals surface area contributed by atoms with Gasteiger partial charge in [-0.05, 0) is 90.7 Å². The molecule has 0 spiro atoms. The highest BCUT2D eigenvalue weighted by Gasteiger charge is 2.44. The van der Waals surface area contributed by atoms with E-state index in [0.29, 0.717) is 29.1 Å². The molecular weight excluding hydrogens is 371 g/mol. The van der Waals surface area contributed by atoms with Gasteiger partial charge in [0.1, 0.15) is 0 Å². The van der Waals surface area contributed by atoms with E-state index in [1.54, 1.807) is 13.0 Å². The van der Waals surface area contributed by atoms with E-state index in [1.165, 1.54) is 0 Å². The lowest BCUT2D eigenvalue weighted by atomic mass is 9.78. The minimum Gasteiger partial charge on any atom is -0.329 e. The fourth-order valence-electron chi connectivity index (χ4n) is 4.75. The highest BCUT2D eigenvalue weighted by atomic mass is 19.2. The number of allylic oxidation sites excluding steroid dienone is 3. The lowest BCUT2D eigenvalue weighted by Crippen LogP contribution is -2.54. The van der Waals surface area contributed by atoms with Gasteiger partial charge in [-0.3, -0.25) is 13.6 Å². The van der Waals surface area contributed by atoms with Crippen LogP contribution in [-0.2, 0) is 5.21 Å². The summed E-state index contributed by atoms with van der Waals surface area (Å²) in [6.45, 7) is 14.9. The molecule has 2 aliphatic heterocycles. The third-order valence-electron chi connectivity index (χ3n) is 5.72. The first-order chi connectivity index (χ1) is 13.3. The van der Waals surface area contributed by atoms with Gasteiger partial charge >= 0.3 is 7.40 Å². The molecule has 2 aliphatic rings. The summed E-state index contributed by atoms with van der Waals surface area (Å²) in [6, 6.07) is 1.78. The molecule has 155 valence electrons. The van der Waals surface area contributed by atoms with Gasteiger partial charge in [0.25, 0.3) is 0 Å². The molecule has 29 heavy (non-hydrogen) atoms. The molecule has 0 unspecified atom stereocenters. The number of hydrogen-bond acceptors (Lipinski definition) is 2. The Morgan fingerprint density at radius 2 is 1.76 bits per heavy atom. The van der Waals surface area contributed by atoms with Crippen LogP contribution in [0.2, 0.25) is 0 Å². The van der Waals surface area contributed by atoms with Gasteiger partial charge in [0.15, 0.2) is 0 Å². The van der Waals surface area contributed by atoms with Crippen molar-refractivity contribution in [3.63, 3.8) is 0 Å². The van der Waals surface area contributed by atoms with Gasteiger partial charge in [0.05, 0.1) is 11.2 Å². The van der Waals surface area contributed by atoms with Crippen LogP contribution in [0.4, 0.5) is 8.63 Å². The Bertz CT molecular complexity index is 980. The minimum absolute atomic E-state index is 0.452. The average Bonchev–Trinajstić information content (AvgIpc) is 3.03. The Morgan fingerprint density at radius 3 is 2.24 bits per heavy atom. The largest absolute Gasteiger partial charge is 0.677 e. The van der Waals surface area contributed by atoms with E-state index in [2.05, 4.69) is 0 Å². The molecule has 1 radical (unpaired) electrons. The van der Waals surface area contributed by atoms with Crippen LogP contribution in [0.3, 0.4) is 0 Å². The number of aliphatic imine (C=N–C) groups is 1. The van der Waals surface area contributed by atoms with E-state index in [0.717, 1.165) is 32.0 Å². The zero-order chi connectivity index (χ0) is 21.9. The van der Waals surface area contributed by atoms with Gasteiger partial charge < -0.3 is 4.48 Å². The van der Waals surface area contributed by atoms with Gasteiger partial charge in [0, 0.05) is 28.2 Å². The van der Waals surface area contributed by atoms with Crippen molar-refractivity contribution in [2.45, 2.75) is 72.9 Å². The number of rotatable bonds is 3. The fourth-order valence-corrected chi connectivity index (χ4v) is 4.75. The molecule has 0 saturated carbocycles. The number of halogens is 2. The smallest absolute Gasteiger partial charge is 0.329 e. The molecule has 0 fully saturated rings. The van der Waals surface area contributed by atoms with Crippen molar-refractivity contribution in [3.8, 4) is 0 Å². The van der Waals surface area contributed by atoms with Crippen LogP contribution in [-0.4, -0.2) is 33.7 Å². The van der Waals surface area contributed by atoms with Crippen molar-refractivity contribution in [2.75, 3.05) is 0 Å². The summed E-state index contributed by atoms with van der Waals surface area (Å²) in [6.07, 6.45) is 4.34. The Labute approximate surface area is 172 Å². The van der Waals surface area contributed by atoms with Crippen molar-refractivity contribution < 1.29 is 13.8 Å². The Balaban J connectivity index is 2.39. The molecule has 0 saturated heterocycles. The monoisotopic (exact) mass is 400 g/mol. The highest BCUT2D eigenvalue weighted by Crippen LogP contribution is 2.45. The van der Waals surface area contributed by atoms with Crippen LogP contribution in [0.15, 0.2) is 40.1 Å². The number of aromatic nitrogens is 1. The SMILES string of the molecule is CC1=CC(C)=N/C1=C(/C1=CC(C)(C)N([O])C(C)(C)C1)c1c(C)cc(C)n1B(F)F. The third kappa shape index (κ3) is 3.66. The normalized spacial score (nSPS) is 22.9. The highest BCUT2D eigenvalue weighted by molar-refractivity contribution is 6.41. The predicted molar refractivity (Wildman–Crippen MR) is 114 cm³/mol. The van der Waals surface area contributed by atoms with Gasteiger partial charge in [-0.2, -0.15) is 0 Å². The summed E-state index contributed by atoms with van der Waals surface area (Å²) in [5, 5.41) is 13.9. The van der Waals surface area contributed by atoms with Crippen LogP contribution in [0, 0.1) is 13.8 Å². The lowest BCUT2D eigenvalue weighted by molar-refractivity contribution is -0.262. The van der Waals surface area contributed by atoms with Crippen molar-refractivity contribution in [1.82, 2.24) is 9.54 Å². The first-order valence-corrected chi connectivity index (χ1v) is 9.91. The van der Waals surface area contributed by atoms with E-state index in [-0.39, 0.29) is 0 Å². The van der Waals surface area contributed by atoms with Gasteiger partial charge in [-0.1, -0.05) is 6.08 Å². The van der Waals surface area contributed by atoms with Gasteiger partial charge in [-0.25, -0.2) is 0 Å². The van der Waals surface area contributed by atoms with E-state index in [1.807, 2.05) is 60.6 Å². The molecule has 0 bridgehead atoms. The number of hydroxylamine groups is 2. The molecule has 0 aromatic carbocycles. The first kappa shape index (κ1) is 21.7. The Morgan fingerprint density at radius 1 is 1.14 bits per heavy atom. The van der Waals surface area contributed by atoms with Crippen molar-refractivity contribution >= 4 is 18.7 Å². The van der Waals surface area contributed by atoms with E-state index in [4.69, 9.17) is 4.99 Å². The second kappa shape index (κ2) is 7.06. The molecular formula is C22H29BF2N3O. The number of hydrogen-bond donors (Lipinski definition) is 0. The molecule has 1 aromatic rings. The summed E-state index contributed by atoms with van der Waals surface area (Å²) in [5.41, 5.74) is 4.43. The molecule has 0 N–H and O–H groups in total. The molecule has 1 aromatic heterocycles. The van der Waals surface area contributed by atoms with Crippen molar-refractivity contribution in [1.29, 1.82) is 0 Å². The quantitative estimate of drug-likeness (QED) is 0.614. The van der Waals surface area contributed by atoms with Crippen molar-refractivity contribution in [3.05, 3.63) is 52.0 Å². The second-order valence-electron chi connectivity index (χ2n) is 9.38. The minimum atomic E-state index is -2.66. The second-order valence-corrected chi connectivity index (χ2v) is 9.38. The maximum Gasteiger partial charge on any atom is 0.677 e. The van der Waals surface area contributed by atoms with Crippen LogP contribution < -0.4 is 0 Å².